The summed E-state index contributed by atoms with van der Waals surface area (Å²) in [6.07, 6.45) is 0. The Kier molecular flexibility index (Phi) is 8.98. The maximum absolute atomic E-state index is 12.6. The van der Waals surface area contributed by atoms with Crippen molar-refractivity contribution in [2.24, 2.45) is 17.8 Å². The predicted molar refractivity (Wildman–Crippen MR) is 102 cm³/mol. The molecule has 0 atom stereocenters. The molecule has 0 aliphatic rings. The molecule has 1 aromatic carbocycles. The predicted octanol–water partition coefficient (Wildman–Crippen LogP) is 4.13. The molecule has 0 heterocycles. The summed E-state index contributed by atoms with van der Waals surface area (Å²) in [5, 5.41) is 0. The lowest BCUT2D eigenvalue weighted by molar-refractivity contribution is 0.0392. The van der Waals surface area contributed by atoms with Crippen molar-refractivity contribution in [2.75, 3.05) is 19.8 Å². The molecule has 0 unspecified atom stereocenters. The van der Waals surface area contributed by atoms with Gasteiger partial charge in [-0.1, -0.05) is 47.6 Å². The van der Waals surface area contributed by atoms with Crippen LogP contribution in [0.15, 0.2) is 18.2 Å². The Morgan fingerprint density at radius 1 is 0.667 bits per heavy atom. The Balaban J connectivity index is 3.24. The smallest absolute Gasteiger partial charge is 0.339 e. The van der Waals surface area contributed by atoms with Gasteiger partial charge in [-0.25, -0.2) is 14.4 Å². The van der Waals surface area contributed by atoms with Crippen LogP contribution >= 0.6 is 0 Å². The van der Waals surface area contributed by atoms with Crippen molar-refractivity contribution in [1.82, 2.24) is 0 Å². The van der Waals surface area contributed by atoms with E-state index >= 15 is 0 Å². The van der Waals surface area contributed by atoms with Gasteiger partial charge >= 0.3 is 17.9 Å². The first-order valence-corrected chi connectivity index (χ1v) is 9.27. The van der Waals surface area contributed by atoms with Crippen molar-refractivity contribution in [1.29, 1.82) is 0 Å². The van der Waals surface area contributed by atoms with E-state index in [-0.39, 0.29) is 54.3 Å². The van der Waals surface area contributed by atoms with Crippen LogP contribution in [0, 0.1) is 17.8 Å². The molecule has 1 aromatic rings. The second-order valence-corrected chi connectivity index (χ2v) is 7.71. The second kappa shape index (κ2) is 10.7. The zero-order valence-electron chi connectivity index (χ0n) is 17.0. The van der Waals surface area contributed by atoms with Gasteiger partial charge in [0.2, 0.25) is 0 Å². The molecule has 0 aliphatic heterocycles. The lowest BCUT2D eigenvalue weighted by Gasteiger charge is -2.15. The van der Waals surface area contributed by atoms with Gasteiger partial charge in [0.15, 0.2) is 0 Å². The molecule has 0 fully saturated rings. The zero-order valence-corrected chi connectivity index (χ0v) is 17.0. The summed E-state index contributed by atoms with van der Waals surface area (Å²) in [5.41, 5.74) is -0.104. The molecular weight excluding hydrogens is 348 g/mol. The van der Waals surface area contributed by atoms with E-state index in [9.17, 15) is 14.4 Å². The largest absolute Gasteiger partial charge is 0.462 e. The maximum Gasteiger partial charge on any atom is 0.339 e. The van der Waals surface area contributed by atoms with E-state index in [2.05, 4.69) is 0 Å². The maximum atomic E-state index is 12.6. The summed E-state index contributed by atoms with van der Waals surface area (Å²) in [6.45, 7) is 12.0. The van der Waals surface area contributed by atoms with Gasteiger partial charge in [-0.3, -0.25) is 0 Å². The number of esters is 3. The third-order valence-electron chi connectivity index (χ3n) is 3.35. The molecule has 0 aromatic heterocycles. The molecule has 1 rings (SSSR count). The van der Waals surface area contributed by atoms with Gasteiger partial charge in [0.1, 0.15) is 0 Å². The summed E-state index contributed by atoms with van der Waals surface area (Å²) in [5.74, 6) is -1.67. The topological polar surface area (TPSA) is 78.9 Å². The molecule has 0 radical (unpaired) electrons. The van der Waals surface area contributed by atoms with Crippen LogP contribution in [0.3, 0.4) is 0 Å². The Hall–Kier alpha value is -2.37. The number of hydrogen-bond donors (Lipinski definition) is 0. The van der Waals surface area contributed by atoms with E-state index in [0.717, 1.165) is 0 Å². The zero-order chi connectivity index (χ0) is 20.6. The number of carbonyl (C=O) groups excluding carboxylic acids is 3. The van der Waals surface area contributed by atoms with Crippen LogP contribution in [-0.4, -0.2) is 37.7 Å². The van der Waals surface area contributed by atoms with Crippen LogP contribution in [0.5, 0.6) is 0 Å². The Labute approximate surface area is 161 Å². The summed E-state index contributed by atoms with van der Waals surface area (Å²) in [6, 6.07) is 4.43. The molecule has 0 N–H and O–H groups in total. The van der Waals surface area contributed by atoms with Crippen molar-refractivity contribution < 1.29 is 28.6 Å². The molecule has 0 saturated carbocycles. The molecule has 0 saturated heterocycles. The van der Waals surface area contributed by atoms with Gasteiger partial charge in [0.25, 0.3) is 0 Å². The molecule has 27 heavy (non-hydrogen) atoms. The quantitative estimate of drug-likeness (QED) is 0.475. The van der Waals surface area contributed by atoms with Crippen LogP contribution < -0.4 is 0 Å². The molecule has 150 valence electrons. The fourth-order valence-corrected chi connectivity index (χ4v) is 2.07. The Morgan fingerprint density at radius 2 is 1.00 bits per heavy atom. The first kappa shape index (κ1) is 22.7. The SMILES string of the molecule is CC(C)COC(=O)c1cccc(C(=O)OCC(C)C)c1C(=O)OCC(C)C. The highest BCUT2D eigenvalue weighted by Crippen LogP contribution is 2.20. The standard InChI is InChI=1S/C21H30O6/c1-13(2)10-25-19(22)16-8-7-9-17(20(23)26-11-14(3)4)18(16)21(24)27-12-15(5)6/h7-9,13-15H,10-12H2,1-6H3. The molecule has 6 nitrogen and oxygen atoms in total. The second-order valence-electron chi connectivity index (χ2n) is 7.71. The highest BCUT2D eigenvalue weighted by Gasteiger charge is 2.27. The Bertz CT molecular complexity index is 618. The van der Waals surface area contributed by atoms with E-state index in [1.54, 1.807) is 0 Å². The lowest BCUT2D eigenvalue weighted by atomic mass is 10.0. The van der Waals surface area contributed by atoms with Gasteiger partial charge in [0, 0.05) is 0 Å². The third-order valence-corrected chi connectivity index (χ3v) is 3.35. The number of hydrogen-bond acceptors (Lipinski definition) is 6. The van der Waals surface area contributed by atoms with Crippen LogP contribution in [-0.2, 0) is 14.2 Å². The summed E-state index contributed by atoms with van der Waals surface area (Å²) in [4.78, 5) is 37.6. The molecule has 0 aliphatic carbocycles. The van der Waals surface area contributed by atoms with E-state index in [1.807, 2.05) is 41.5 Å². The van der Waals surface area contributed by atoms with Crippen LogP contribution in [0.2, 0.25) is 0 Å². The molecule has 0 amide bonds. The van der Waals surface area contributed by atoms with E-state index in [0.29, 0.717) is 0 Å². The minimum atomic E-state index is -0.739. The van der Waals surface area contributed by atoms with Crippen molar-refractivity contribution in [3.63, 3.8) is 0 Å². The van der Waals surface area contributed by atoms with Crippen molar-refractivity contribution in [2.45, 2.75) is 41.5 Å². The molecule has 6 heteroatoms. The van der Waals surface area contributed by atoms with Crippen LogP contribution in [0.25, 0.3) is 0 Å². The molecular formula is C21H30O6. The first-order valence-electron chi connectivity index (χ1n) is 9.27. The average Bonchev–Trinajstić information content (AvgIpc) is 2.61. The highest BCUT2D eigenvalue weighted by molar-refractivity contribution is 6.10. The van der Waals surface area contributed by atoms with Crippen LogP contribution in [0.4, 0.5) is 0 Å². The van der Waals surface area contributed by atoms with E-state index in [4.69, 9.17) is 14.2 Å². The van der Waals surface area contributed by atoms with Gasteiger partial charge in [-0.15, -0.1) is 0 Å². The number of rotatable bonds is 9. The van der Waals surface area contributed by atoms with Gasteiger partial charge in [-0.05, 0) is 29.9 Å². The van der Waals surface area contributed by atoms with Gasteiger partial charge in [0.05, 0.1) is 36.5 Å². The van der Waals surface area contributed by atoms with Crippen molar-refractivity contribution >= 4 is 17.9 Å². The summed E-state index contributed by atoms with van der Waals surface area (Å²) in [7, 11) is 0. The first-order chi connectivity index (χ1) is 12.6. The summed E-state index contributed by atoms with van der Waals surface area (Å²) >= 11 is 0. The van der Waals surface area contributed by atoms with Crippen molar-refractivity contribution in [3.8, 4) is 0 Å². The lowest BCUT2D eigenvalue weighted by Crippen LogP contribution is -2.22. The average molecular weight is 378 g/mol. The van der Waals surface area contributed by atoms with Gasteiger partial charge < -0.3 is 14.2 Å². The monoisotopic (exact) mass is 378 g/mol. The summed E-state index contributed by atoms with van der Waals surface area (Å²) < 4.78 is 15.7. The number of benzene rings is 1. The normalized spacial score (nSPS) is 11.0. The molecule has 0 spiro atoms. The fraction of sp³-hybridized carbons (Fsp3) is 0.571. The van der Waals surface area contributed by atoms with E-state index < -0.39 is 17.9 Å². The highest BCUT2D eigenvalue weighted by atomic mass is 16.5. The number of ether oxygens (including phenoxy) is 3. The third kappa shape index (κ3) is 7.41. The molecule has 0 bridgehead atoms. The minimum absolute atomic E-state index is 0.00315. The number of carbonyl (C=O) groups is 3. The Morgan fingerprint density at radius 3 is 1.33 bits per heavy atom. The van der Waals surface area contributed by atoms with Gasteiger partial charge in [-0.2, -0.15) is 0 Å². The van der Waals surface area contributed by atoms with Crippen molar-refractivity contribution in [3.05, 3.63) is 34.9 Å². The van der Waals surface area contributed by atoms with Crippen LogP contribution in [0.1, 0.15) is 72.6 Å². The van der Waals surface area contributed by atoms with E-state index in [1.165, 1.54) is 18.2 Å². The fourth-order valence-electron chi connectivity index (χ4n) is 2.07. The minimum Gasteiger partial charge on any atom is -0.462 e.